The molecular weight excluding hydrogens is 405 g/mol. The van der Waals surface area contributed by atoms with Crippen molar-refractivity contribution in [2.45, 2.75) is 5.92 Å². The Labute approximate surface area is 172 Å². The van der Waals surface area contributed by atoms with Crippen molar-refractivity contribution in [1.29, 1.82) is 10.8 Å². The molecule has 152 valence electrons. The van der Waals surface area contributed by atoms with Gasteiger partial charge in [-0.2, -0.15) is 18.6 Å². The van der Waals surface area contributed by atoms with E-state index in [9.17, 15) is 0 Å². The lowest BCUT2D eigenvalue weighted by Gasteiger charge is -2.19. The van der Waals surface area contributed by atoms with Crippen LogP contribution in [0.15, 0.2) is 67.1 Å². The van der Waals surface area contributed by atoms with Crippen molar-refractivity contribution in [2.75, 3.05) is 13.3 Å². The molecule has 3 aromatic heterocycles. The van der Waals surface area contributed by atoms with E-state index in [1.165, 1.54) is 40.3 Å². The molecule has 0 amide bonds. The van der Waals surface area contributed by atoms with Crippen molar-refractivity contribution in [3.8, 4) is 11.3 Å². The summed E-state index contributed by atoms with van der Waals surface area (Å²) in [7, 11) is -0.244. The predicted octanol–water partition coefficient (Wildman–Crippen LogP) is 3.66. The molecule has 0 bridgehead atoms. The first-order valence-corrected chi connectivity index (χ1v) is 11.3. The molecule has 2 N–H and O–H groups in total. The maximum absolute atomic E-state index is 15.1. The van der Waals surface area contributed by atoms with Gasteiger partial charge in [0, 0.05) is 29.7 Å². The third-order valence-corrected chi connectivity index (χ3v) is 6.11. The monoisotopic (exact) mass is 424 g/mol. The Bertz CT molecular complexity index is 1290. The highest BCUT2D eigenvalue weighted by molar-refractivity contribution is 7.64. The summed E-state index contributed by atoms with van der Waals surface area (Å²) < 4.78 is 32.4. The summed E-state index contributed by atoms with van der Waals surface area (Å²) in [6.07, 6.45) is 4.30. The highest BCUT2D eigenvalue weighted by Gasteiger charge is 2.40. The van der Waals surface area contributed by atoms with E-state index in [1.54, 1.807) is 12.3 Å². The van der Waals surface area contributed by atoms with Crippen LogP contribution in [0.3, 0.4) is 0 Å². The van der Waals surface area contributed by atoms with E-state index in [1.807, 2.05) is 24.3 Å². The quantitative estimate of drug-likeness (QED) is 0.298. The van der Waals surface area contributed by atoms with Crippen LogP contribution in [-0.2, 0) is 5.92 Å². The van der Waals surface area contributed by atoms with Gasteiger partial charge in [0.1, 0.15) is 11.1 Å². The summed E-state index contributed by atoms with van der Waals surface area (Å²) in [5.41, 5.74) is 1.01. The minimum atomic E-state index is -3.64. The van der Waals surface area contributed by atoms with E-state index < -0.39 is 11.8 Å². The van der Waals surface area contributed by atoms with E-state index >= 15 is 8.78 Å². The number of aromatic nitrogens is 4. The number of hydrogen-bond acceptors (Lipinski definition) is 4. The van der Waals surface area contributed by atoms with Crippen LogP contribution < -0.4 is 10.8 Å². The van der Waals surface area contributed by atoms with E-state index in [2.05, 4.69) is 23.4 Å². The highest BCUT2D eigenvalue weighted by Crippen LogP contribution is 2.30. The molecular formula is C21H19F2N6P. The molecule has 1 aromatic carbocycles. The first kappa shape index (κ1) is 20.0. The second-order valence-corrected chi connectivity index (χ2v) is 9.30. The van der Waals surface area contributed by atoms with Crippen LogP contribution in [0.25, 0.3) is 16.9 Å². The molecule has 9 heteroatoms. The smallest absolute Gasteiger partial charge is 0.307 e. The molecule has 4 rings (SSSR count). The van der Waals surface area contributed by atoms with Gasteiger partial charge < -0.3 is 4.40 Å². The molecule has 3 heterocycles. The van der Waals surface area contributed by atoms with Crippen molar-refractivity contribution in [2.24, 2.45) is 0 Å². The van der Waals surface area contributed by atoms with Crippen LogP contribution in [-0.4, -0.2) is 38.3 Å². The van der Waals surface area contributed by atoms with Crippen molar-refractivity contribution in [3.63, 3.8) is 0 Å². The normalized spacial score (nSPS) is 11.9. The molecule has 4 aromatic rings. The lowest BCUT2D eigenvalue weighted by Crippen LogP contribution is -2.39. The Balaban J connectivity index is 1.72. The average molecular weight is 424 g/mol. The maximum Gasteiger partial charge on any atom is 0.332 e. The Morgan fingerprint density at radius 3 is 2.47 bits per heavy atom. The molecule has 0 atom stereocenters. The fraction of sp³-hybridized carbons (Fsp3) is 0.143. The van der Waals surface area contributed by atoms with Crippen molar-refractivity contribution < 1.29 is 8.78 Å². The number of benzene rings is 1. The maximum atomic E-state index is 15.1. The summed E-state index contributed by atoms with van der Waals surface area (Å²) in [4.78, 5) is 4.04. The SMILES string of the molecule is CP(C)c1ccc(-c2ccc(=N)n(C(=N)C(F)(F)c3ccc4nccn4c3)n2)cc1. The fourth-order valence-corrected chi connectivity index (χ4v) is 3.80. The summed E-state index contributed by atoms with van der Waals surface area (Å²) in [5.74, 6) is -4.73. The van der Waals surface area contributed by atoms with Gasteiger partial charge in [0.25, 0.3) is 0 Å². The van der Waals surface area contributed by atoms with Crippen LogP contribution in [0.4, 0.5) is 8.78 Å². The van der Waals surface area contributed by atoms with Gasteiger partial charge in [-0.25, -0.2) is 4.98 Å². The number of fused-ring (bicyclic) bond motifs is 1. The van der Waals surface area contributed by atoms with Gasteiger partial charge in [0.15, 0.2) is 5.84 Å². The Morgan fingerprint density at radius 1 is 1.03 bits per heavy atom. The van der Waals surface area contributed by atoms with Gasteiger partial charge in [-0.3, -0.25) is 10.8 Å². The van der Waals surface area contributed by atoms with Gasteiger partial charge in [-0.1, -0.05) is 32.2 Å². The van der Waals surface area contributed by atoms with Crippen LogP contribution in [0, 0.1) is 10.8 Å². The Hall–Kier alpha value is -3.25. The molecule has 0 saturated heterocycles. The van der Waals surface area contributed by atoms with Crippen molar-refractivity contribution in [1.82, 2.24) is 19.2 Å². The van der Waals surface area contributed by atoms with Gasteiger partial charge in [-0.05, 0) is 42.9 Å². The molecule has 0 saturated carbocycles. The molecule has 0 aliphatic rings. The molecule has 6 nitrogen and oxygen atoms in total. The van der Waals surface area contributed by atoms with E-state index in [-0.39, 0.29) is 19.0 Å². The molecule has 0 aliphatic carbocycles. The standard InChI is InChI=1S/C21H19F2N6P/c1-30(2)16-6-3-14(4-7-16)17-8-9-18(24)29(27-17)20(25)21(22,23)15-5-10-19-26-11-12-28(19)13-15/h3-13,24-25H,1-2H3. The zero-order valence-electron chi connectivity index (χ0n) is 16.3. The molecule has 0 fully saturated rings. The van der Waals surface area contributed by atoms with Gasteiger partial charge in [0.2, 0.25) is 0 Å². The molecule has 0 spiro atoms. The molecule has 0 unspecified atom stereocenters. The second-order valence-electron chi connectivity index (χ2n) is 6.99. The molecule has 0 radical (unpaired) electrons. The number of halogens is 2. The summed E-state index contributed by atoms with van der Waals surface area (Å²) in [6, 6.07) is 13.4. The zero-order valence-corrected chi connectivity index (χ0v) is 17.2. The van der Waals surface area contributed by atoms with Gasteiger partial charge in [-0.15, -0.1) is 0 Å². The number of rotatable bonds is 4. The van der Waals surface area contributed by atoms with Gasteiger partial charge >= 0.3 is 5.92 Å². The highest BCUT2D eigenvalue weighted by atomic mass is 31.1. The van der Waals surface area contributed by atoms with E-state index in [4.69, 9.17) is 10.8 Å². The summed E-state index contributed by atoms with van der Waals surface area (Å²) in [5, 5.41) is 21.5. The van der Waals surface area contributed by atoms with Crippen LogP contribution in [0.1, 0.15) is 5.56 Å². The van der Waals surface area contributed by atoms with Crippen molar-refractivity contribution >= 4 is 24.7 Å². The lowest BCUT2D eigenvalue weighted by molar-refractivity contribution is 0.0691. The van der Waals surface area contributed by atoms with Crippen LogP contribution >= 0.6 is 7.92 Å². The Morgan fingerprint density at radius 2 is 1.77 bits per heavy atom. The predicted molar refractivity (Wildman–Crippen MR) is 114 cm³/mol. The number of alkyl halides is 2. The molecule has 30 heavy (non-hydrogen) atoms. The van der Waals surface area contributed by atoms with E-state index in [0.717, 1.165) is 5.56 Å². The zero-order chi connectivity index (χ0) is 21.5. The number of nitrogens with one attached hydrogen (secondary N) is 2. The minimum Gasteiger partial charge on any atom is -0.307 e. The van der Waals surface area contributed by atoms with Crippen LogP contribution in [0.5, 0.6) is 0 Å². The topological polar surface area (TPSA) is 82.8 Å². The third-order valence-electron chi connectivity index (χ3n) is 4.77. The van der Waals surface area contributed by atoms with E-state index in [0.29, 0.717) is 16.0 Å². The second kappa shape index (κ2) is 7.54. The number of nitrogens with zero attached hydrogens (tertiary/aromatic N) is 4. The van der Waals surface area contributed by atoms with Gasteiger partial charge in [0.05, 0.1) is 5.69 Å². The Kier molecular flexibility index (Phi) is 5.03. The first-order chi connectivity index (χ1) is 14.3. The fourth-order valence-electron chi connectivity index (χ4n) is 3.05. The number of pyridine rings is 1. The van der Waals surface area contributed by atoms with Crippen LogP contribution in [0.2, 0.25) is 0 Å². The van der Waals surface area contributed by atoms with Crippen molar-refractivity contribution in [3.05, 3.63) is 78.2 Å². The first-order valence-electron chi connectivity index (χ1n) is 9.10. The summed E-state index contributed by atoms with van der Waals surface area (Å²) in [6.45, 7) is 4.30. The number of imidazole rings is 1. The minimum absolute atomic E-state index is 0.244. The largest absolute Gasteiger partial charge is 0.332 e. The average Bonchev–Trinajstić information content (AvgIpc) is 3.21. The molecule has 0 aliphatic heterocycles. The lowest BCUT2D eigenvalue weighted by atomic mass is 10.1. The third kappa shape index (κ3) is 3.55. The number of hydrogen-bond donors (Lipinski definition) is 2. The summed E-state index contributed by atoms with van der Waals surface area (Å²) >= 11 is 0.